The molecule has 0 atom stereocenters. The maximum Gasteiger partial charge on any atom is 0.0443 e. The molecule has 0 heterocycles. The molecule has 0 aliphatic heterocycles. The van der Waals surface area contributed by atoms with Crippen LogP contribution in [-0.4, -0.2) is 0 Å². The summed E-state index contributed by atoms with van der Waals surface area (Å²) in [5.41, 5.74) is 5.96. The molecule has 2 heteroatoms. The lowest BCUT2D eigenvalue weighted by Crippen LogP contribution is -2.04. The maximum atomic E-state index is 6.04. The first-order valence-corrected chi connectivity index (χ1v) is 6.26. The molecule has 0 saturated heterocycles. The Bertz CT molecular complexity index is 475. The fraction of sp³-hybridized carbons (Fsp3) is 0.333. The van der Waals surface area contributed by atoms with Gasteiger partial charge in [0.25, 0.3) is 0 Å². The van der Waals surface area contributed by atoms with E-state index in [9.17, 15) is 0 Å². The first-order valence-electron chi connectivity index (χ1n) is 5.88. The monoisotopic (exact) mass is 246 g/mol. The van der Waals surface area contributed by atoms with E-state index in [4.69, 9.17) is 11.6 Å². The van der Waals surface area contributed by atoms with Crippen LogP contribution < -0.4 is 5.32 Å². The van der Waals surface area contributed by atoms with Crippen molar-refractivity contribution in [3.63, 3.8) is 0 Å². The van der Waals surface area contributed by atoms with Crippen molar-refractivity contribution in [3.05, 3.63) is 51.7 Å². The number of aryl methyl sites for hydroxylation is 3. The molecule has 0 spiro atoms. The lowest BCUT2D eigenvalue weighted by Gasteiger charge is -2.16. The van der Waals surface area contributed by atoms with Gasteiger partial charge in [-0.15, -0.1) is 0 Å². The van der Waals surface area contributed by atoms with Gasteiger partial charge < -0.3 is 5.32 Å². The lowest BCUT2D eigenvalue weighted by atomic mass is 10.0. The van der Waals surface area contributed by atoms with Crippen LogP contribution in [0.2, 0.25) is 0 Å². The summed E-state index contributed by atoms with van der Waals surface area (Å²) >= 11 is 6.04. The molecule has 1 N–H and O–H groups in total. The maximum absolute atomic E-state index is 6.04. The third-order valence-corrected chi connectivity index (χ3v) is 3.22. The Morgan fingerprint density at radius 3 is 2.41 bits per heavy atom. The van der Waals surface area contributed by atoms with Gasteiger partial charge in [-0.05, 0) is 56.9 Å². The highest BCUT2D eigenvalue weighted by atomic mass is 35.5. The van der Waals surface area contributed by atoms with E-state index in [0.29, 0.717) is 0 Å². The highest BCUT2D eigenvalue weighted by Crippen LogP contribution is 2.26. The second-order valence-corrected chi connectivity index (χ2v) is 5.07. The van der Waals surface area contributed by atoms with Crippen LogP contribution in [0.3, 0.4) is 0 Å². The third-order valence-electron chi connectivity index (χ3n) is 2.92. The standard InChI is InChI=1S/C15H17ClN/c1-10-7-11(2)15(12(3)8-10)17-14-6-4-5-13(16)9-14/h7-9,17H,4-5H2,1-3H3. The van der Waals surface area contributed by atoms with Crippen LogP contribution in [0.25, 0.3) is 0 Å². The number of rotatable bonds is 2. The smallest absolute Gasteiger partial charge is 0.0443 e. The van der Waals surface area contributed by atoms with Gasteiger partial charge in [-0.25, -0.2) is 0 Å². The SMILES string of the molecule is Cc1cc(C)c(NC2=[C]CCC(Cl)=C2)c(C)c1. The molecule has 0 aromatic heterocycles. The van der Waals surface area contributed by atoms with Crippen LogP contribution in [0, 0.1) is 26.8 Å². The lowest BCUT2D eigenvalue weighted by molar-refractivity contribution is 0.972. The highest BCUT2D eigenvalue weighted by molar-refractivity contribution is 6.29. The van der Waals surface area contributed by atoms with Crippen molar-refractivity contribution >= 4 is 17.3 Å². The van der Waals surface area contributed by atoms with Crippen molar-refractivity contribution in [2.75, 3.05) is 5.32 Å². The molecule has 1 aromatic carbocycles. The minimum Gasteiger partial charge on any atom is -0.355 e. The molecule has 1 radical (unpaired) electrons. The number of benzene rings is 1. The second kappa shape index (κ2) is 4.97. The van der Waals surface area contributed by atoms with Crippen LogP contribution in [0.4, 0.5) is 5.69 Å². The van der Waals surface area contributed by atoms with Crippen LogP contribution in [0.5, 0.6) is 0 Å². The van der Waals surface area contributed by atoms with E-state index >= 15 is 0 Å². The quantitative estimate of drug-likeness (QED) is 0.803. The zero-order valence-corrected chi connectivity index (χ0v) is 11.3. The molecular formula is C15H17ClN. The molecule has 89 valence electrons. The molecule has 17 heavy (non-hydrogen) atoms. The van der Waals surface area contributed by atoms with Crippen molar-refractivity contribution in [3.8, 4) is 0 Å². The van der Waals surface area contributed by atoms with Gasteiger partial charge in [0, 0.05) is 16.4 Å². The van der Waals surface area contributed by atoms with Crippen molar-refractivity contribution < 1.29 is 0 Å². The van der Waals surface area contributed by atoms with Gasteiger partial charge in [0.2, 0.25) is 0 Å². The first kappa shape index (κ1) is 12.3. The van der Waals surface area contributed by atoms with E-state index in [1.807, 2.05) is 6.08 Å². The molecule has 0 saturated carbocycles. The minimum absolute atomic E-state index is 0.890. The van der Waals surface area contributed by atoms with Gasteiger partial charge in [0.15, 0.2) is 0 Å². The van der Waals surface area contributed by atoms with Crippen LogP contribution >= 0.6 is 11.6 Å². The summed E-state index contributed by atoms with van der Waals surface area (Å²) in [6.07, 6.45) is 7.07. The molecule has 1 aliphatic carbocycles. The number of halogens is 1. The average Bonchev–Trinajstić information content (AvgIpc) is 2.23. The Morgan fingerprint density at radius 2 is 1.82 bits per heavy atom. The van der Waals surface area contributed by atoms with Gasteiger partial charge in [-0.3, -0.25) is 0 Å². The van der Waals surface area contributed by atoms with Crippen LogP contribution in [-0.2, 0) is 0 Å². The molecule has 0 unspecified atom stereocenters. The zero-order chi connectivity index (χ0) is 12.4. The average molecular weight is 247 g/mol. The van der Waals surface area contributed by atoms with E-state index < -0.39 is 0 Å². The summed E-state index contributed by atoms with van der Waals surface area (Å²) in [6.45, 7) is 6.36. The molecule has 2 rings (SSSR count). The van der Waals surface area contributed by atoms with E-state index in [2.05, 4.69) is 44.3 Å². The van der Waals surface area contributed by atoms with E-state index in [1.165, 1.54) is 22.4 Å². The van der Waals surface area contributed by atoms with Gasteiger partial charge in [-0.2, -0.15) is 0 Å². The van der Waals surface area contributed by atoms with Gasteiger partial charge in [0.1, 0.15) is 0 Å². The predicted molar refractivity (Wildman–Crippen MR) is 74.2 cm³/mol. The van der Waals surface area contributed by atoms with Gasteiger partial charge >= 0.3 is 0 Å². The summed E-state index contributed by atoms with van der Waals surface area (Å²) in [6, 6.07) is 4.37. The Kier molecular flexibility index (Phi) is 3.58. The Balaban J connectivity index is 2.28. The number of allylic oxidation sites excluding steroid dienone is 3. The molecule has 1 nitrogen and oxygen atoms in total. The Morgan fingerprint density at radius 1 is 1.18 bits per heavy atom. The Hall–Kier alpha value is -1.21. The molecule has 1 aromatic rings. The predicted octanol–water partition coefficient (Wildman–Crippen LogP) is 4.63. The number of hydrogen-bond donors (Lipinski definition) is 1. The summed E-state index contributed by atoms with van der Waals surface area (Å²) in [7, 11) is 0. The fourth-order valence-electron chi connectivity index (χ4n) is 2.19. The molecule has 1 aliphatic rings. The van der Waals surface area contributed by atoms with Crippen molar-refractivity contribution in [1.82, 2.24) is 0 Å². The molecule has 0 fully saturated rings. The number of anilines is 1. The van der Waals surface area contributed by atoms with Crippen molar-refractivity contribution in [2.24, 2.45) is 0 Å². The van der Waals surface area contributed by atoms with E-state index in [0.717, 1.165) is 23.6 Å². The summed E-state index contributed by atoms with van der Waals surface area (Å²) < 4.78 is 0. The topological polar surface area (TPSA) is 12.0 Å². The zero-order valence-electron chi connectivity index (χ0n) is 10.5. The largest absolute Gasteiger partial charge is 0.355 e. The summed E-state index contributed by atoms with van der Waals surface area (Å²) in [4.78, 5) is 0. The summed E-state index contributed by atoms with van der Waals surface area (Å²) in [5, 5.41) is 4.32. The van der Waals surface area contributed by atoms with Crippen LogP contribution in [0.1, 0.15) is 29.5 Å². The van der Waals surface area contributed by atoms with Gasteiger partial charge in [0.05, 0.1) is 0 Å². The third kappa shape index (κ3) is 2.92. The van der Waals surface area contributed by atoms with Crippen molar-refractivity contribution in [2.45, 2.75) is 33.6 Å². The number of hydrogen-bond acceptors (Lipinski definition) is 1. The molecule has 0 amide bonds. The fourth-order valence-corrected chi connectivity index (χ4v) is 2.39. The van der Waals surface area contributed by atoms with Gasteiger partial charge in [-0.1, -0.05) is 29.3 Å². The normalized spacial score (nSPS) is 15.3. The first-order chi connectivity index (χ1) is 8.06. The van der Waals surface area contributed by atoms with E-state index in [-0.39, 0.29) is 0 Å². The number of nitrogens with one attached hydrogen (secondary N) is 1. The Labute approximate surface area is 108 Å². The van der Waals surface area contributed by atoms with Crippen molar-refractivity contribution in [1.29, 1.82) is 0 Å². The molecular weight excluding hydrogens is 230 g/mol. The van der Waals surface area contributed by atoms with E-state index in [1.54, 1.807) is 0 Å². The second-order valence-electron chi connectivity index (χ2n) is 4.58. The summed E-state index contributed by atoms with van der Waals surface area (Å²) in [5.74, 6) is 0. The minimum atomic E-state index is 0.890. The molecule has 0 bridgehead atoms. The highest BCUT2D eigenvalue weighted by Gasteiger charge is 2.08. The van der Waals surface area contributed by atoms with Crippen LogP contribution in [0.15, 0.2) is 28.9 Å².